The summed E-state index contributed by atoms with van der Waals surface area (Å²) in [7, 11) is -1.40. The molecule has 1 aromatic rings. The van der Waals surface area contributed by atoms with Crippen molar-refractivity contribution in [3.8, 4) is 0 Å². The van der Waals surface area contributed by atoms with Crippen molar-refractivity contribution in [2.24, 2.45) is 0 Å². The number of nitrogens with zero attached hydrogens (tertiary/aromatic N) is 1. The lowest BCUT2D eigenvalue weighted by Gasteiger charge is -2.18. The van der Waals surface area contributed by atoms with E-state index < -0.39 is 10.0 Å². The molecule has 1 N–H and O–H groups in total. The van der Waals surface area contributed by atoms with Gasteiger partial charge in [0, 0.05) is 29.9 Å². The lowest BCUT2D eigenvalue weighted by Crippen LogP contribution is -2.31. The van der Waals surface area contributed by atoms with Gasteiger partial charge >= 0.3 is 0 Å². The molecule has 2 rings (SSSR count). The molecule has 0 spiro atoms. The molecule has 1 aromatic heterocycles. The second-order valence-corrected chi connectivity index (χ2v) is 7.53. The third kappa shape index (κ3) is 3.12. The molecule has 1 aliphatic heterocycles. The summed E-state index contributed by atoms with van der Waals surface area (Å²) < 4.78 is 26.6. The number of rotatable bonds is 4. The van der Waals surface area contributed by atoms with Gasteiger partial charge in [0.05, 0.1) is 4.90 Å². The third-order valence-corrected chi connectivity index (χ3v) is 6.15. The standard InChI is InChI=1S/C12H20N2O2S2/c1-13-9-11-8-12(10-17-11)18(15,16)14-6-4-2-3-5-7-14/h8,10,13H,2-7,9H2,1H3. The van der Waals surface area contributed by atoms with Gasteiger partial charge in [0.1, 0.15) is 0 Å². The van der Waals surface area contributed by atoms with Gasteiger partial charge in [-0.2, -0.15) is 4.31 Å². The second-order valence-electron chi connectivity index (χ2n) is 4.60. The summed E-state index contributed by atoms with van der Waals surface area (Å²) in [6.07, 6.45) is 4.24. The molecule has 102 valence electrons. The van der Waals surface area contributed by atoms with E-state index in [2.05, 4.69) is 5.32 Å². The zero-order valence-electron chi connectivity index (χ0n) is 10.7. The van der Waals surface area contributed by atoms with E-state index >= 15 is 0 Å². The van der Waals surface area contributed by atoms with Gasteiger partial charge in [0.2, 0.25) is 10.0 Å². The monoisotopic (exact) mass is 288 g/mol. The summed E-state index contributed by atoms with van der Waals surface area (Å²) in [5.74, 6) is 0. The Morgan fingerprint density at radius 2 is 1.94 bits per heavy atom. The van der Waals surface area contributed by atoms with Gasteiger partial charge in [-0.15, -0.1) is 11.3 Å². The summed E-state index contributed by atoms with van der Waals surface area (Å²) in [6.45, 7) is 2.05. The minimum atomic E-state index is -3.27. The molecular formula is C12H20N2O2S2. The van der Waals surface area contributed by atoms with Crippen LogP contribution in [-0.4, -0.2) is 32.9 Å². The van der Waals surface area contributed by atoms with E-state index in [1.165, 1.54) is 11.3 Å². The Balaban J connectivity index is 2.17. The van der Waals surface area contributed by atoms with E-state index in [1.54, 1.807) is 15.8 Å². The van der Waals surface area contributed by atoms with Gasteiger partial charge in [-0.25, -0.2) is 8.42 Å². The Kier molecular flexibility index (Phi) is 4.77. The molecular weight excluding hydrogens is 268 g/mol. The maximum Gasteiger partial charge on any atom is 0.243 e. The highest BCUT2D eigenvalue weighted by molar-refractivity contribution is 7.89. The summed E-state index contributed by atoms with van der Waals surface area (Å²) in [5, 5.41) is 4.80. The molecule has 4 nitrogen and oxygen atoms in total. The first-order valence-corrected chi connectivity index (χ1v) is 8.69. The summed E-state index contributed by atoms with van der Waals surface area (Å²) in [5.41, 5.74) is 0. The number of hydrogen-bond acceptors (Lipinski definition) is 4. The van der Waals surface area contributed by atoms with Crippen LogP contribution in [0.1, 0.15) is 30.6 Å². The highest BCUT2D eigenvalue weighted by Crippen LogP contribution is 2.24. The Morgan fingerprint density at radius 3 is 2.56 bits per heavy atom. The molecule has 0 aliphatic carbocycles. The molecule has 0 atom stereocenters. The van der Waals surface area contributed by atoms with Crippen LogP contribution < -0.4 is 5.32 Å². The predicted molar refractivity (Wildman–Crippen MR) is 74.3 cm³/mol. The Labute approximate surface area is 113 Å². The van der Waals surface area contributed by atoms with Crippen molar-refractivity contribution in [2.45, 2.75) is 37.1 Å². The molecule has 0 amide bonds. The van der Waals surface area contributed by atoms with Gasteiger partial charge in [-0.3, -0.25) is 0 Å². The minimum absolute atomic E-state index is 0.458. The zero-order chi connectivity index (χ0) is 13.0. The van der Waals surface area contributed by atoms with Crippen molar-refractivity contribution in [3.05, 3.63) is 16.3 Å². The predicted octanol–water partition coefficient (Wildman–Crippen LogP) is 2.03. The van der Waals surface area contributed by atoms with Crippen molar-refractivity contribution in [3.63, 3.8) is 0 Å². The Bertz CT molecular complexity index is 474. The van der Waals surface area contributed by atoms with E-state index in [0.29, 0.717) is 18.0 Å². The fourth-order valence-corrected chi connectivity index (χ4v) is 4.99. The molecule has 2 heterocycles. The normalized spacial score (nSPS) is 18.7. The molecule has 1 aliphatic rings. The largest absolute Gasteiger partial charge is 0.315 e. The van der Waals surface area contributed by atoms with Crippen LogP contribution >= 0.6 is 11.3 Å². The van der Waals surface area contributed by atoms with Crippen molar-refractivity contribution in [1.29, 1.82) is 0 Å². The lowest BCUT2D eigenvalue weighted by molar-refractivity contribution is 0.424. The maximum absolute atomic E-state index is 12.5. The van der Waals surface area contributed by atoms with Crippen LogP contribution in [-0.2, 0) is 16.6 Å². The number of thiophene rings is 1. The summed E-state index contributed by atoms with van der Waals surface area (Å²) >= 11 is 1.50. The average molecular weight is 288 g/mol. The Morgan fingerprint density at radius 1 is 1.28 bits per heavy atom. The van der Waals surface area contributed by atoms with Crippen LogP contribution in [0.25, 0.3) is 0 Å². The highest BCUT2D eigenvalue weighted by atomic mass is 32.2. The molecule has 18 heavy (non-hydrogen) atoms. The number of nitrogens with one attached hydrogen (secondary N) is 1. The molecule has 0 aromatic carbocycles. The Hall–Kier alpha value is -0.430. The molecule has 0 radical (unpaired) electrons. The van der Waals surface area contributed by atoms with E-state index in [9.17, 15) is 8.42 Å². The van der Waals surface area contributed by atoms with Gasteiger partial charge in [-0.05, 0) is 26.0 Å². The smallest absolute Gasteiger partial charge is 0.243 e. The quantitative estimate of drug-likeness (QED) is 0.922. The van der Waals surface area contributed by atoms with Crippen molar-refractivity contribution in [2.75, 3.05) is 20.1 Å². The average Bonchev–Trinajstić information content (AvgIpc) is 2.65. The molecule has 0 saturated carbocycles. The molecule has 0 bridgehead atoms. The molecule has 0 unspecified atom stereocenters. The van der Waals surface area contributed by atoms with Crippen molar-refractivity contribution >= 4 is 21.4 Å². The van der Waals surface area contributed by atoms with Gasteiger partial charge in [0.25, 0.3) is 0 Å². The number of sulfonamides is 1. The molecule has 1 saturated heterocycles. The SMILES string of the molecule is CNCc1cc(S(=O)(=O)N2CCCCCC2)cs1. The van der Waals surface area contributed by atoms with Crippen molar-refractivity contribution < 1.29 is 8.42 Å². The minimum Gasteiger partial charge on any atom is -0.315 e. The second kappa shape index (κ2) is 6.14. The topological polar surface area (TPSA) is 49.4 Å². The first-order chi connectivity index (χ1) is 8.64. The third-order valence-electron chi connectivity index (χ3n) is 3.18. The van der Waals surface area contributed by atoms with Crippen LogP contribution in [0.3, 0.4) is 0 Å². The van der Waals surface area contributed by atoms with Gasteiger partial charge in [-0.1, -0.05) is 12.8 Å². The number of hydrogen-bond donors (Lipinski definition) is 1. The summed E-state index contributed by atoms with van der Waals surface area (Å²) in [4.78, 5) is 1.52. The van der Waals surface area contributed by atoms with Crippen LogP contribution in [0, 0.1) is 0 Å². The van der Waals surface area contributed by atoms with Gasteiger partial charge in [0.15, 0.2) is 0 Å². The highest BCUT2D eigenvalue weighted by Gasteiger charge is 2.25. The fraction of sp³-hybridized carbons (Fsp3) is 0.667. The zero-order valence-corrected chi connectivity index (χ0v) is 12.3. The molecule has 1 fully saturated rings. The first kappa shape index (κ1) is 14.0. The molecule has 6 heteroatoms. The maximum atomic E-state index is 12.5. The van der Waals surface area contributed by atoms with Crippen LogP contribution in [0.15, 0.2) is 16.3 Å². The van der Waals surface area contributed by atoms with E-state index in [-0.39, 0.29) is 0 Å². The first-order valence-electron chi connectivity index (χ1n) is 6.37. The van der Waals surface area contributed by atoms with Crippen LogP contribution in [0.5, 0.6) is 0 Å². The fourth-order valence-electron chi connectivity index (χ4n) is 2.19. The van der Waals surface area contributed by atoms with Crippen LogP contribution in [0.4, 0.5) is 0 Å². The van der Waals surface area contributed by atoms with Crippen molar-refractivity contribution in [1.82, 2.24) is 9.62 Å². The lowest BCUT2D eigenvalue weighted by atomic mass is 10.2. The van der Waals surface area contributed by atoms with E-state index in [0.717, 1.165) is 37.1 Å². The van der Waals surface area contributed by atoms with E-state index in [1.807, 2.05) is 7.05 Å². The summed E-state index contributed by atoms with van der Waals surface area (Å²) in [6, 6.07) is 1.79. The van der Waals surface area contributed by atoms with E-state index in [4.69, 9.17) is 0 Å². The van der Waals surface area contributed by atoms with Crippen LogP contribution in [0.2, 0.25) is 0 Å². The van der Waals surface area contributed by atoms with Gasteiger partial charge < -0.3 is 5.32 Å².